The van der Waals surface area contributed by atoms with E-state index in [1.165, 1.54) is 11.3 Å². The molecule has 0 bridgehead atoms. The van der Waals surface area contributed by atoms with Crippen LogP contribution in [0.2, 0.25) is 0 Å². The van der Waals surface area contributed by atoms with Gasteiger partial charge in [0.05, 0.1) is 10.6 Å². The minimum absolute atomic E-state index is 0.107. The van der Waals surface area contributed by atoms with E-state index in [-0.39, 0.29) is 5.91 Å². The maximum absolute atomic E-state index is 12.1. The number of carbonyl (C=O) groups is 1. The minimum atomic E-state index is -0.107. The lowest BCUT2D eigenvalue weighted by molar-refractivity contribution is 0.102. The van der Waals surface area contributed by atoms with Crippen LogP contribution in [0, 0.1) is 6.92 Å². The summed E-state index contributed by atoms with van der Waals surface area (Å²) in [4.78, 5) is 12.8. The highest BCUT2D eigenvalue weighted by molar-refractivity contribution is 7.12. The molecule has 5 heteroatoms. The summed E-state index contributed by atoms with van der Waals surface area (Å²) in [5.74, 6) is 0.580. The fraction of sp³-hybridized carbons (Fsp3) is 0.125. The number of anilines is 1. The molecule has 1 aromatic carbocycles. The summed E-state index contributed by atoms with van der Waals surface area (Å²) in [7, 11) is 1.83. The zero-order valence-corrected chi connectivity index (χ0v) is 12.6. The summed E-state index contributed by atoms with van der Waals surface area (Å²) in [6.07, 6.45) is 0. The highest BCUT2D eigenvalue weighted by atomic mass is 32.1. The number of rotatable bonds is 3. The van der Waals surface area contributed by atoms with E-state index < -0.39 is 0 Å². The van der Waals surface area contributed by atoms with Crippen LogP contribution >= 0.6 is 11.3 Å². The third-order valence-electron chi connectivity index (χ3n) is 3.29. The van der Waals surface area contributed by atoms with Crippen molar-refractivity contribution in [2.45, 2.75) is 6.92 Å². The van der Waals surface area contributed by atoms with Crippen LogP contribution in [0.15, 0.2) is 47.8 Å². The lowest BCUT2D eigenvalue weighted by Crippen LogP contribution is -2.12. The Morgan fingerprint density at radius 2 is 2.05 bits per heavy atom. The SMILES string of the molecule is Cc1ccccc1-c1cc(NC(=O)c2cccs2)n(C)n1. The number of nitrogens with zero attached hydrogens (tertiary/aromatic N) is 2. The van der Waals surface area contributed by atoms with E-state index in [0.29, 0.717) is 10.7 Å². The molecule has 0 aliphatic rings. The van der Waals surface area contributed by atoms with E-state index in [2.05, 4.69) is 10.4 Å². The molecule has 1 amide bonds. The molecule has 0 unspecified atom stereocenters. The summed E-state index contributed by atoms with van der Waals surface area (Å²) in [5.41, 5.74) is 3.09. The zero-order chi connectivity index (χ0) is 14.8. The molecule has 1 N–H and O–H groups in total. The van der Waals surface area contributed by atoms with Crippen molar-refractivity contribution in [3.05, 3.63) is 58.3 Å². The molecular weight excluding hydrogens is 282 g/mol. The number of aromatic nitrogens is 2. The lowest BCUT2D eigenvalue weighted by atomic mass is 10.1. The van der Waals surface area contributed by atoms with Crippen LogP contribution in [0.1, 0.15) is 15.2 Å². The average Bonchev–Trinajstić information content (AvgIpc) is 3.10. The van der Waals surface area contributed by atoms with Gasteiger partial charge in [0.1, 0.15) is 5.82 Å². The summed E-state index contributed by atoms with van der Waals surface area (Å²) in [5, 5.41) is 9.26. The molecule has 0 aliphatic heterocycles. The van der Waals surface area contributed by atoms with Crippen molar-refractivity contribution in [2.75, 3.05) is 5.32 Å². The van der Waals surface area contributed by atoms with Gasteiger partial charge < -0.3 is 5.32 Å². The predicted octanol–water partition coefficient (Wildman–Crippen LogP) is 3.71. The maximum atomic E-state index is 12.1. The fourth-order valence-electron chi connectivity index (χ4n) is 2.16. The third-order valence-corrected chi connectivity index (χ3v) is 4.16. The smallest absolute Gasteiger partial charge is 0.266 e. The van der Waals surface area contributed by atoms with Crippen LogP contribution in [-0.2, 0) is 7.05 Å². The van der Waals surface area contributed by atoms with Gasteiger partial charge in [-0.25, -0.2) is 0 Å². The highest BCUT2D eigenvalue weighted by Crippen LogP contribution is 2.24. The Kier molecular flexibility index (Phi) is 3.58. The van der Waals surface area contributed by atoms with Gasteiger partial charge in [-0.15, -0.1) is 11.3 Å². The van der Waals surface area contributed by atoms with Crippen molar-refractivity contribution < 1.29 is 4.79 Å². The molecule has 0 spiro atoms. The van der Waals surface area contributed by atoms with Crippen LogP contribution in [0.3, 0.4) is 0 Å². The Balaban J connectivity index is 1.89. The molecule has 3 rings (SSSR count). The van der Waals surface area contributed by atoms with Crippen LogP contribution in [-0.4, -0.2) is 15.7 Å². The van der Waals surface area contributed by atoms with Crippen LogP contribution in [0.4, 0.5) is 5.82 Å². The number of benzene rings is 1. The summed E-state index contributed by atoms with van der Waals surface area (Å²) < 4.78 is 1.69. The molecule has 0 saturated carbocycles. The van der Waals surface area contributed by atoms with Gasteiger partial charge >= 0.3 is 0 Å². The van der Waals surface area contributed by atoms with Crippen molar-refractivity contribution in [3.63, 3.8) is 0 Å². The topological polar surface area (TPSA) is 46.9 Å². The largest absolute Gasteiger partial charge is 0.306 e. The Morgan fingerprint density at radius 1 is 1.24 bits per heavy atom. The molecule has 106 valence electrons. The molecule has 2 aromatic heterocycles. The number of hydrogen-bond donors (Lipinski definition) is 1. The summed E-state index contributed by atoms with van der Waals surface area (Å²) in [6, 6.07) is 13.6. The molecule has 4 nitrogen and oxygen atoms in total. The quantitative estimate of drug-likeness (QED) is 0.801. The molecule has 0 saturated heterocycles. The Bertz CT molecular complexity index is 775. The van der Waals surface area contributed by atoms with Crippen LogP contribution in [0.25, 0.3) is 11.3 Å². The maximum Gasteiger partial charge on any atom is 0.266 e. The van der Waals surface area contributed by atoms with E-state index in [0.717, 1.165) is 16.8 Å². The first kappa shape index (κ1) is 13.6. The van der Waals surface area contributed by atoms with Gasteiger partial charge in [0.2, 0.25) is 0 Å². The number of amides is 1. The number of nitrogens with one attached hydrogen (secondary N) is 1. The molecule has 0 aliphatic carbocycles. The number of carbonyl (C=O) groups excluding carboxylic acids is 1. The van der Waals surface area contributed by atoms with Crippen molar-refractivity contribution in [1.82, 2.24) is 9.78 Å². The number of hydrogen-bond acceptors (Lipinski definition) is 3. The van der Waals surface area contributed by atoms with Crippen LogP contribution < -0.4 is 5.32 Å². The molecule has 2 heterocycles. The predicted molar refractivity (Wildman–Crippen MR) is 85.7 cm³/mol. The number of aryl methyl sites for hydroxylation is 2. The minimum Gasteiger partial charge on any atom is -0.306 e. The van der Waals surface area contributed by atoms with E-state index in [1.54, 1.807) is 10.7 Å². The van der Waals surface area contributed by atoms with E-state index in [1.807, 2.05) is 55.7 Å². The zero-order valence-electron chi connectivity index (χ0n) is 11.8. The average molecular weight is 297 g/mol. The molecule has 0 fully saturated rings. The standard InChI is InChI=1S/C16H15N3OS/c1-11-6-3-4-7-12(11)13-10-15(19(2)18-13)17-16(20)14-8-5-9-21-14/h3-10H,1-2H3,(H,17,20). The van der Waals surface area contributed by atoms with E-state index in [4.69, 9.17) is 0 Å². The van der Waals surface area contributed by atoms with Crippen molar-refractivity contribution in [3.8, 4) is 11.3 Å². The molecule has 0 radical (unpaired) electrons. The van der Waals surface area contributed by atoms with Crippen molar-refractivity contribution >= 4 is 23.1 Å². The van der Waals surface area contributed by atoms with Gasteiger partial charge in [0, 0.05) is 18.7 Å². The van der Waals surface area contributed by atoms with Crippen molar-refractivity contribution in [2.24, 2.45) is 7.05 Å². The van der Waals surface area contributed by atoms with Gasteiger partial charge in [0.25, 0.3) is 5.91 Å². The molecule has 0 atom stereocenters. The first-order chi connectivity index (χ1) is 10.1. The first-order valence-corrected chi connectivity index (χ1v) is 7.48. The molecule has 21 heavy (non-hydrogen) atoms. The Morgan fingerprint density at radius 3 is 2.76 bits per heavy atom. The highest BCUT2D eigenvalue weighted by Gasteiger charge is 2.13. The van der Waals surface area contributed by atoms with Crippen LogP contribution in [0.5, 0.6) is 0 Å². The second-order valence-corrected chi connectivity index (χ2v) is 5.73. The van der Waals surface area contributed by atoms with Gasteiger partial charge in [-0.1, -0.05) is 30.3 Å². The normalized spacial score (nSPS) is 10.6. The van der Waals surface area contributed by atoms with Gasteiger partial charge in [-0.2, -0.15) is 5.10 Å². The van der Waals surface area contributed by atoms with E-state index in [9.17, 15) is 4.79 Å². The summed E-state index contributed by atoms with van der Waals surface area (Å²) in [6.45, 7) is 2.05. The second-order valence-electron chi connectivity index (χ2n) is 4.78. The summed E-state index contributed by atoms with van der Waals surface area (Å²) >= 11 is 1.42. The Hall–Kier alpha value is -2.40. The third kappa shape index (κ3) is 2.73. The van der Waals surface area contributed by atoms with E-state index >= 15 is 0 Å². The van der Waals surface area contributed by atoms with Gasteiger partial charge in [0.15, 0.2) is 0 Å². The van der Waals surface area contributed by atoms with Gasteiger partial charge in [-0.05, 0) is 23.9 Å². The first-order valence-electron chi connectivity index (χ1n) is 6.60. The fourth-order valence-corrected chi connectivity index (χ4v) is 2.78. The molecule has 3 aromatic rings. The second kappa shape index (κ2) is 5.54. The van der Waals surface area contributed by atoms with Crippen molar-refractivity contribution in [1.29, 1.82) is 0 Å². The molecular formula is C16H15N3OS. The lowest BCUT2D eigenvalue weighted by Gasteiger charge is -2.02. The Labute approximate surface area is 127 Å². The number of thiophene rings is 1. The monoisotopic (exact) mass is 297 g/mol. The van der Waals surface area contributed by atoms with Gasteiger partial charge in [-0.3, -0.25) is 9.48 Å².